The van der Waals surface area contributed by atoms with Crippen LogP contribution >= 0.6 is 11.8 Å². The van der Waals surface area contributed by atoms with E-state index in [1.54, 1.807) is 40.2 Å². The first-order chi connectivity index (χ1) is 12.6. The van der Waals surface area contributed by atoms with Gasteiger partial charge in [-0.3, -0.25) is 14.6 Å². The zero-order valence-corrected chi connectivity index (χ0v) is 15.4. The Bertz CT molecular complexity index is 796. The second-order valence-corrected chi connectivity index (χ2v) is 8.40. The number of hydrogen-bond donors (Lipinski definition) is 0. The van der Waals surface area contributed by atoms with Crippen LogP contribution in [-0.2, 0) is 22.7 Å². The lowest BCUT2D eigenvalue weighted by atomic mass is 10.1. The molecule has 0 aromatic carbocycles. The minimum atomic E-state index is -0.411. The normalized spacial score (nSPS) is 24.7. The number of fused-ring (bicyclic) bond motifs is 1. The van der Waals surface area contributed by atoms with Crippen molar-refractivity contribution in [3.63, 3.8) is 0 Å². The molecule has 2 aromatic rings. The van der Waals surface area contributed by atoms with Crippen molar-refractivity contribution in [3.05, 3.63) is 54.2 Å². The standard InChI is InChI=1S/C19H21N3O3S/c1-19-7-6-17(23)22(19)16(13-26-19)18(24)21(12-15-5-3-9-25-15)11-14-4-2-8-20-10-14/h2-5,8-10,16H,6-7,11-13H2,1H3. The van der Waals surface area contributed by atoms with Gasteiger partial charge >= 0.3 is 0 Å². The van der Waals surface area contributed by atoms with Gasteiger partial charge in [0.15, 0.2) is 0 Å². The van der Waals surface area contributed by atoms with Gasteiger partial charge in [-0.1, -0.05) is 6.07 Å². The predicted octanol–water partition coefficient (Wildman–Crippen LogP) is 2.66. The molecule has 0 saturated carbocycles. The molecule has 136 valence electrons. The highest BCUT2D eigenvalue weighted by Crippen LogP contribution is 2.47. The van der Waals surface area contributed by atoms with Crippen molar-refractivity contribution in [2.45, 2.75) is 43.8 Å². The average molecular weight is 371 g/mol. The Kier molecular flexibility index (Phi) is 4.48. The molecule has 2 aliphatic rings. The number of rotatable bonds is 5. The summed E-state index contributed by atoms with van der Waals surface area (Å²) in [4.78, 5) is 33.2. The molecule has 0 spiro atoms. The maximum Gasteiger partial charge on any atom is 0.247 e. The molecule has 0 N–H and O–H groups in total. The molecule has 0 radical (unpaired) electrons. The number of nitrogens with zero attached hydrogens (tertiary/aromatic N) is 3. The third kappa shape index (κ3) is 3.11. The number of amides is 2. The molecule has 26 heavy (non-hydrogen) atoms. The van der Waals surface area contributed by atoms with Crippen LogP contribution in [0, 0.1) is 0 Å². The number of aromatic nitrogens is 1. The fraction of sp³-hybridized carbons (Fsp3) is 0.421. The van der Waals surface area contributed by atoms with Gasteiger partial charge in [-0.15, -0.1) is 11.8 Å². The molecule has 2 amide bonds. The SMILES string of the molecule is CC12CCC(=O)N1C(C(=O)N(Cc1cccnc1)Cc1ccco1)CS2. The number of thioether (sulfide) groups is 1. The van der Waals surface area contributed by atoms with Crippen molar-refractivity contribution in [1.29, 1.82) is 0 Å². The minimum Gasteiger partial charge on any atom is -0.467 e. The zero-order chi connectivity index (χ0) is 18.1. The lowest BCUT2D eigenvalue weighted by molar-refractivity contribution is -0.144. The van der Waals surface area contributed by atoms with E-state index >= 15 is 0 Å². The van der Waals surface area contributed by atoms with Crippen LogP contribution in [0.2, 0.25) is 0 Å². The van der Waals surface area contributed by atoms with Crippen molar-refractivity contribution in [3.8, 4) is 0 Å². The van der Waals surface area contributed by atoms with Crippen LogP contribution < -0.4 is 0 Å². The molecule has 2 aliphatic heterocycles. The van der Waals surface area contributed by atoms with Crippen molar-refractivity contribution >= 4 is 23.6 Å². The highest BCUT2D eigenvalue weighted by molar-refractivity contribution is 8.01. The summed E-state index contributed by atoms with van der Waals surface area (Å²) in [6.07, 6.45) is 6.41. The van der Waals surface area contributed by atoms with Gasteiger partial charge in [-0.25, -0.2) is 0 Å². The Balaban J connectivity index is 1.58. The number of pyridine rings is 1. The van der Waals surface area contributed by atoms with E-state index in [2.05, 4.69) is 11.9 Å². The van der Waals surface area contributed by atoms with Gasteiger partial charge in [0.1, 0.15) is 11.8 Å². The van der Waals surface area contributed by atoms with Crippen LogP contribution in [0.3, 0.4) is 0 Å². The quantitative estimate of drug-likeness (QED) is 0.808. The van der Waals surface area contributed by atoms with E-state index in [1.807, 2.05) is 24.3 Å². The first-order valence-corrected chi connectivity index (χ1v) is 9.71. The smallest absolute Gasteiger partial charge is 0.247 e. The van der Waals surface area contributed by atoms with Crippen LogP contribution in [0.15, 0.2) is 47.3 Å². The van der Waals surface area contributed by atoms with Gasteiger partial charge in [-0.05, 0) is 37.1 Å². The summed E-state index contributed by atoms with van der Waals surface area (Å²) in [6.45, 7) is 2.88. The van der Waals surface area contributed by atoms with Crippen LogP contribution in [0.5, 0.6) is 0 Å². The number of furan rings is 1. The van der Waals surface area contributed by atoms with Crippen molar-refractivity contribution in [2.24, 2.45) is 0 Å². The van der Waals surface area contributed by atoms with Gasteiger partial charge in [-0.2, -0.15) is 0 Å². The molecule has 4 rings (SSSR count). The fourth-order valence-electron chi connectivity index (χ4n) is 3.73. The predicted molar refractivity (Wildman–Crippen MR) is 97.9 cm³/mol. The van der Waals surface area contributed by atoms with Crippen LogP contribution in [-0.4, -0.2) is 43.3 Å². The average Bonchev–Trinajstić information content (AvgIpc) is 3.33. The minimum absolute atomic E-state index is 0.0308. The lowest BCUT2D eigenvalue weighted by Gasteiger charge is -2.33. The fourth-order valence-corrected chi connectivity index (χ4v) is 5.15. The summed E-state index contributed by atoms with van der Waals surface area (Å²) in [5.41, 5.74) is 0.952. The van der Waals surface area contributed by atoms with E-state index < -0.39 is 6.04 Å². The topological polar surface area (TPSA) is 66.7 Å². The number of carbonyl (C=O) groups is 2. The molecule has 2 aromatic heterocycles. The van der Waals surface area contributed by atoms with Crippen LogP contribution in [0.1, 0.15) is 31.1 Å². The Morgan fingerprint density at radius 2 is 2.31 bits per heavy atom. The molecule has 2 saturated heterocycles. The zero-order valence-electron chi connectivity index (χ0n) is 14.6. The molecule has 0 bridgehead atoms. The Labute approximate surface area is 156 Å². The summed E-state index contributed by atoms with van der Waals surface area (Å²) in [5, 5.41) is 0. The van der Waals surface area contributed by atoms with Crippen LogP contribution in [0.25, 0.3) is 0 Å². The third-order valence-corrected chi connectivity index (χ3v) is 6.57. The van der Waals surface area contributed by atoms with E-state index in [0.29, 0.717) is 25.3 Å². The Hall–Kier alpha value is -2.28. The molecular weight excluding hydrogens is 350 g/mol. The maximum atomic E-state index is 13.4. The first kappa shape index (κ1) is 17.1. The second kappa shape index (κ2) is 6.79. The summed E-state index contributed by atoms with van der Waals surface area (Å²) in [7, 11) is 0. The maximum absolute atomic E-state index is 13.4. The highest BCUT2D eigenvalue weighted by Gasteiger charge is 2.53. The van der Waals surface area contributed by atoms with Gasteiger partial charge in [0.05, 0.1) is 17.7 Å². The third-order valence-electron chi connectivity index (χ3n) is 5.06. The number of carbonyl (C=O) groups excluding carboxylic acids is 2. The molecule has 2 atom stereocenters. The monoisotopic (exact) mass is 371 g/mol. The van der Waals surface area contributed by atoms with E-state index in [4.69, 9.17) is 4.42 Å². The summed E-state index contributed by atoms with van der Waals surface area (Å²) in [5.74, 6) is 1.42. The molecule has 4 heterocycles. The number of hydrogen-bond acceptors (Lipinski definition) is 5. The van der Waals surface area contributed by atoms with Crippen molar-refractivity contribution in [1.82, 2.24) is 14.8 Å². The second-order valence-electron chi connectivity index (χ2n) is 6.90. The lowest BCUT2D eigenvalue weighted by Crippen LogP contribution is -2.51. The molecule has 7 heteroatoms. The highest BCUT2D eigenvalue weighted by atomic mass is 32.2. The largest absolute Gasteiger partial charge is 0.467 e. The van der Waals surface area contributed by atoms with Gasteiger partial charge < -0.3 is 14.2 Å². The van der Waals surface area contributed by atoms with Gasteiger partial charge in [0, 0.05) is 31.1 Å². The van der Waals surface area contributed by atoms with E-state index in [9.17, 15) is 9.59 Å². The Morgan fingerprint density at radius 3 is 3.04 bits per heavy atom. The molecule has 2 fully saturated rings. The van der Waals surface area contributed by atoms with E-state index in [1.165, 1.54) is 0 Å². The molecule has 0 aliphatic carbocycles. The van der Waals surface area contributed by atoms with E-state index in [-0.39, 0.29) is 16.7 Å². The van der Waals surface area contributed by atoms with E-state index in [0.717, 1.165) is 17.7 Å². The van der Waals surface area contributed by atoms with Crippen molar-refractivity contribution in [2.75, 3.05) is 5.75 Å². The van der Waals surface area contributed by atoms with Crippen molar-refractivity contribution < 1.29 is 14.0 Å². The van der Waals surface area contributed by atoms with Crippen LogP contribution in [0.4, 0.5) is 0 Å². The summed E-state index contributed by atoms with van der Waals surface area (Å²) in [6, 6.07) is 7.07. The molecular formula is C19H21N3O3S. The Morgan fingerprint density at radius 1 is 1.42 bits per heavy atom. The molecule has 2 unspecified atom stereocenters. The van der Waals surface area contributed by atoms with Gasteiger partial charge in [0.25, 0.3) is 0 Å². The summed E-state index contributed by atoms with van der Waals surface area (Å²) < 4.78 is 5.45. The molecule has 6 nitrogen and oxygen atoms in total. The van der Waals surface area contributed by atoms with Gasteiger partial charge in [0.2, 0.25) is 11.8 Å². The summed E-state index contributed by atoms with van der Waals surface area (Å²) >= 11 is 1.71. The first-order valence-electron chi connectivity index (χ1n) is 8.73.